The highest BCUT2D eigenvalue weighted by molar-refractivity contribution is 7.22. The van der Waals surface area contributed by atoms with E-state index in [4.69, 9.17) is 14.5 Å². The van der Waals surface area contributed by atoms with Crippen LogP contribution in [0.25, 0.3) is 16.3 Å². The van der Waals surface area contributed by atoms with Gasteiger partial charge in [-0.25, -0.2) is 4.98 Å². The smallest absolute Gasteiger partial charge is 0.296 e. The SMILES string of the molecule is CCCCCCOc1ccc(C2C(C(=O)/C=C/c3ccccc3)=C(O)C(=O)N2c2nc3ccc(OCC)cc3s2)cc1. The number of ketones is 1. The number of nitrogens with zero attached hydrogens (tertiary/aromatic N) is 2. The Labute approximate surface area is 249 Å². The summed E-state index contributed by atoms with van der Waals surface area (Å²) < 4.78 is 12.4. The van der Waals surface area contributed by atoms with Gasteiger partial charge in [-0.2, -0.15) is 0 Å². The molecular weight excluding hydrogens is 548 g/mol. The van der Waals surface area contributed by atoms with Crippen molar-refractivity contribution in [1.82, 2.24) is 4.98 Å². The van der Waals surface area contributed by atoms with Crippen LogP contribution in [-0.2, 0) is 9.59 Å². The zero-order chi connectivity index (χ0) is 29.5. The second kappa shape index (κ2) is 13.5. The van der Waals surface area contributed by atoms with Crippen LogP contribution in [0.5, 0.6) is 11.5 Å². The summed E-state index contributed by atoms with van der Waals surface area (Å²) in [5.41, 5.74) is 2.20. The molecule has 0 saturated heterocycles. The molecule has 1 aliphatic heterocycles. The van der Waals surface area contributed by atoms with Gasteiger partial charge in [-0.3, -0.25) is 14.5 Å². The summed E-state index contributed by atoms with van der Waals surface area (Å²) in [6.07, 6.45) is 7.51. The number of unbranched alkanes of at least 4 members (excludes halogenated alkanes) is 3. The first-order chi connectivity index (χ1) is 20.5. The van der Waals surface area contributed by atoms with Crippen LogP contribution in [0.1, 0.15) is 56.7 Å². The van der Waals surface area contributed by atoms with Gasteiger partial charge in [-0.05, 0) is 60.9 Å². The summed E-state index contributed by atoms with van der Waals surface area (Å²) in [7, 11) is 0. The highest BCUT2D eigenvalue weighted by Gasteiger charge is 2.45. The lowest BCUT2D eigenvalue weighted by Crippen LogP contribution is -2.30. The Morgan fingerprint density at radius 1 is 0.976 bits per heavy atom. The number of hydrogen-bond donors (Lipinski definition) is 1. The number of thiazole rings is 1. The van der Waals surface area contributed by atoms with Crippen molar-refractivity contribution in [1.29, 1.82) is 0 Å². The molecular formula is C34H34N2O5S. The molecule has 8 heteroatoms. The normalized spacial score (nSPS) is 15.2. The van der Waals surface area contributed by atoms with Crippen LogP contribution in [0.4, 0.5) is 5.13 Å². The fourth-order valence-electron chi connectivity index (χ4n) is 4.91. The Bertz CT molecular complexity index is 1610. The molecule has 0 saturated carbocycles. The number of allylic oxidation sites excluding steroid dienone is 1. The number of anilines is 1. The lowest BCUT2D eigenvalue weighted by atomic mass is 9.95. The molecule has 0 bridgehead atoms. The van der Waals surface area contributed by atoms with Crippen LogP contribution >= 0.6 is 11.3 Å². The number of amides is 1. The predicted octanol–water partition coefficient (Wildman–Crippen LogP) is 7.84. The Morgan fingerprint density at radius 2 is 1.74 bits per heavy atom. The van der Waals surface area contributed by atoms with Crippen molar-refractivity contribution in [2.75, 3.05) is 18.1 Å². The number of hydrogen-bond acceptors (Lipinski definition) is 7. The maximum absolute atomic E-state index is 13.6. The zero-order valence-electron chi connectivity index (χ0n) is 23.8. The number of rotatable bonds is 13. The molecule has 1 unspecified atom stereocenters. The largest absolute Gasteiger partial charge is 0.503 e. The first kappa shape index (κ1) is 29.1. The number of benzene rings is 3. The van der Waals surface area contributed by atoms with Crippen molar-refractivity contribution in [3.63, 3.8) is 0 Å². The van der Waals surface area contributed by atoms with Gasteiger partial charge in [0, 0.05) is 0 Å². The van der Waals surface area contributed by atoms with Gasteiger partial charge >= 0.3 is 0 Å². The van der Waals surface area contributed by atoms with Crippen LogP contribution in [0, 0.1) is 0 Å². The lowest BCUT2D eigenvalue weighted by molar-refractivity contribution is -0.117. The molecule has 4 aromatic rings. The van der Waals surface area contributed by atoms with E-state index >= 15 is 0 Å². The first-order valence-electron chi connectivity index (χ1n) is 14.3. The maximum Gasteiger partial charge on any atom is 0.296 e. The lowest BCUT2D eigenvalue weighted by Gasteiger charge is -2.24. The van der Waals surface area contributed by atoms with E-state index in [1.807, 2.05) is 79.7 Å². The van der Waals surface area contributed by atoms with Gasteiger partial charge in [0.25, 0.3) is 5.91 Å². The van der Waals surface area contributed by atoms with Gasteiger partial charge in [0.05, 0.1) is 35.0 Å². The number of aliphatic hydroxyl groups excluding tert-OH is 1. The van der Waals surface area contributed by atoms with Gasteiger partial charge < -0.3 is 14.6 Å². The maximum atomic E-state index is 13.6. The number of carbonyl (C=O) groups is 2. The fourth-order valence-corrected chi connectivity index (χ4v) is 5.93. The summed E-state index contributed by atoms with van der Waals surface area (Å²) >= 11 is 1.31. The van der Waals surface area contributed by atoms with Crippen LogP contribution < -0.4 is 14.4 Å². The monoisotopic (exact) mass is 582 g/mol. The van der Waals surface area contributed by atoms with E-state index in [2.05, 4.69) is 6.92 Å². The summed E-state index contributed by atoms with van der Waals surface area (Å²) in [6.45, 7) is 5.24. The summed E-state index contributed by atoms with van der Waals surface area (Å²) in [5, 5.41) is 11.5. The molecule has 42 heavy (non-hydrogen) atoms. The average Bonchev–Trinajstić information content (AvgIpc) is 3.54. The topological polar surface area (TPSA) is 89.0 Å². The van der Waals surface area contributed by atoms with E-state index in [0.717, 1.165) is 29.5 Å². The molecule has 0 radical (unpaired) electrons. The standard InChI is InChI=1S/C34H34N2O5S/c1-3-5-6-10-21-41-25-16-14-24(15-17-25)31-30(28(37)20-13-23-11-8-7-9-12-23)32(38)33(39)36(31)34-35-27-19-18-26(40-4-2)22-29(27)42-34/h7-9,11-20,22,31,38H,3-6,10,21H2,1-2H3/b20-13+. The van der Waals surface area contributed by atoms with Gasteiger partial charge in [0.15, 0.2) is 16.7 Å². The van der Waals surface area contributed by atoms with E-state index in [0.29, 0.717) is 40.9 Å². The number of ether oxygens (including phenoxy) is 2. The van der Waals surface area contributed by atoms with Crippen LogP contribution in [0.2, 0.25) is 0 Å². The Hall–Kier alpha value is -4.43. The molecule has 1 aliphatic rings. The van der Waals surface area contributed by atoms with Gasteiger partial charge in [-0.1, -0.05) is 86.1 Å². The molecule has 2 heterocycles. The molecule has 216 valence electrons. The number of aromatic nitrogens is 1. The number of aliphatic hydroxyl groups is 1. The highest BCUT2D eigenvalue weighted by Crippen LogP contribution is 2.44. The van der Waals surface area contributed by atoms with E-state index in [-0.39, 0.29) is 5.57 Å². The van der Waals surface area contributed by atoms with Crippen molar-refractivity contribution >= 4 is 44.5 Å². The second-order valence-corrected chi connectivity index (χ2v) is 11.0. The Morgan fingerprint density at radius 3 is 2.48 bits per heavy atom. The zero-order valence-corrected chi connectivity index (χ0v) is 24.6. The van der Waals surface area contributed by atoms with Crippen molar-refractivity contribution in [2.45, 2.75) is 45.6 Å². The molecule has 1 N–H and O–H groups in total. The third-order valence-corrected chi connectivity index (χ3v) is 8.05. The summed E-state index contributed by atoms with van der Waals surface area (Å²) in [4.78, 5) is 33.3. The van der Waals surface area contributed by atoms with Crippen LogP contribution in [0.15, 0.2) is 90.2 Å². The molecule has 1 atom stereocenters. The van der Waals surface area contributed by atoms with E-state index < -0.39 is 23.5 Å². The molecule has 0 fully saturated rings. The van der Waals surface area contributed by atoms with Crippen molar-refractivity contribution in [3.05, 3.63) is 101 Å². The van der Waals surface area contributed by atoms with Crippen molar-refractivity contribution < 1.29 is 24.2 Å². The predicted molar refractivity (Wildman–Crippen MR) is 167 cm³/mol. The number of fused-ring (bicyclic) bond motifs is 1. The third kappa shape index (κ3) is 6.39. The highest BCUT2D eigenvalue weighted by atomic mass is 32.1. The van der Waals surface area contributed by atoms with Gasteiger partial charge in [0.2, 0.25) is 0 Å². The van der Waals surface area contributed by atoms with Crippen molar-refractivity contribution in [3.8, 4) is 11.5 Å². The van der Waals surface area contributed by atoms with Crippen LogP contribution in [0.3, 0.4) is 0 Å². The minimum Gasteiger partial charge on any atom is -0.503 e. The quantitative estimate of drug-likeness (QED) is 0.128. The fraction of sp³-hybridized carbons (Fsp3) is 0.265. The average molecular weight is 583 g/mol. The molecule has 5 rings (SSSR count). The molecule has 1 amide bonds. The van der Waals surface area contributed by atoms with E-state index in [1.54, 1.807) is 6.08 Å². The van der Waals surface area contributed by atoms with E-state index in [1.165, 1.54) is 28.7 Å². The van der Waals surface area contributed by atoms with Gasteiger partial charge in [0.1, 0.15) is 11.5 Å². The molecule has 3 aromatic carbocycles. The van der Waals surface area contributed by atoms with E-state index in [9.17, 15) is 14.7 Å². The minimum absolute atomic E-state index is 0.00896. The Kier molecular flexibility index (Phi) is 9.34. The summed E-state index contributed by atoms with van der Waals surface area (Å²) in [6, 6.07) is 21.4. The van der Waals surface area contributed by atoms with Gasteiger partial charge in [-0.15, -0.1) is 0 Å². The second-order valence-electron chi connectivity index (χ2n) is 9.99. The summed E-state index contributed by atoms with van der Waals surface area (Å²) in [5.74, 6) is -0.282. The first-order valence-corrected chi connectivity index (χ1v) is 15.1. The Balaban J connectivity index is 1.49. The molecule has 1 aromatic heterocycles. The molecule has 0 aliphatic carbocycles. The van der Waals surface area contributed by atoms with Crippen molar-refractivity contribution in [2.24, 2.45) is 0 Å². The number of carbonyl (C=O) groups excluding carboxylic acids is 2. The third-order valence-electron chi connectivity index (χ3n) is 7.03. The van der Waals surface area contributed by atoms with Crippen LogP contribution in [-0.4, -0.2) is 35.0 Å². The minimum atomic E-state index is -0.865. The molecule has 0 spiro atoms. The molecule has 7 nitrogen and oxygen atoms in total.